The molecule has 2 aliphatic heterocycles. The van der Waals surface area contributed by atoms with E-state index in [9.17, 15) is 4.79 Å². The van der Waals surface area contributed by atoms with E-state index in [1.165, 1.54) is 0 Å². The minimum absolute atomic E-state index is 0.144. The fraction of sp³-hybridized carbons (Fsp3) is 0.786. The number of hydrogen-bond acceptors (Lipinski definition) is 2. The van der Waals surface area contributed by atoms with Gasteiger partial charge in [0, 0.05) is 44.1 Å². The van der Waals surface area contributed by atoms with E-state index in [4.69, 9.17) is 6.42 Å². The molecule has 0 aromatic rings. The van der Waals surface area contributed by atoms with Crippen LogP contribution in [-0.2, 0) is 4.79 Å². The maximum atomic E-state index is 11.9. The van der Waals surface area contributed by atoms with Crippen molar-refractivity contribution in [3.63, 3.8) is 0 Å². The van der Waals surface area contributed by atoms with Crippen LogP contribution < -0.4 is 0 Å². The highest BCUT2D eigenvalue weighted by Gasteiger charge is 2.35. The summed E-state index contributed by atoms with van der Waals surface area (Å²) in [6, 6.07) is 1.04. The number of hydrogen-bond donors (Lipinski definition) is 0. The smallest absolute Gasteiger partial charge is 0.224 e. The first-order valence-corrected chi connectivity index (χ1v) is 6.61. The number of piperidine rings is 1. The van der Waals surface area contributed by atoms with E-state index in [1.54, 1.807) is 0 Å². The highest BCUT2D eigenvalue weighted by Crippen LogP contribution is 2.25. The minimum atomic E-state index is 0.144. The van der Waals surface area contributed by atoms with Crippen molar-refractivity contribution < 1.29 is 4.79 Å². The maximum absolute atomic E-state index is 11.9. The first kappa shape index (κ1) is 12.4. The highest BCUT2D eigenvalue weighted by molar-refractivity contribution is 5.79. The highest BCUT2D eigenvalue weighted by atomic mass is 16.2. The molecule has 0 aromatic heterocycles. The summed E-state index contributed by atoms with van der Waals surface area (Å²) in [5.74, 6) is 3.12. The molecule has 17 heavy (non-hydrogen) atoms. The SMILES string of the molecule is C#CC1CC(=O)N(C2CCN(C(C)C)CC2)C1. The molecule has 2 heterocycles. The number of rotatable bonds is 2. The summed E-state index contributed by atoms with van der Waals surface area (Å²) >= 11 is 0. The van der Waals surface area contributed by atoms with E-state index >= 15 is 0 Å². The molecule has 0 spiro atoms. The maximum Gasteiger partial charge on any atom is 0.224 e. The predicted octanol–water partition coefficient (Wildman–Crippen LogP) is 1.34. The summed E-state index contributed by atoms with van der Waals surface area (Å²) in [5, 5.41) is 0. The number of terminal acetylenes is 1. The quantitative estimate of drug-likeness (QED) is 0.673. The van der Waals surface area contributed by atoms with Crippen molar-refractivity contribution in [3.05, 3.63) is 0 Å². The van der Waals surface area contributed by atoms with Gasteiger partial charge >= 0.3 is 0 Å². The molecule has 2 aliphatic rings. The lowest BCUT2D eigenvalue weighted by atomic mass is 10.0. The molecular weight excluding hydrogens is 212 g/mol. The topological polar surface area (TPSA) is 23.6 Å². The molecule has 1 atom stereocenters. The number of likely N-dealkylation sites (tertiary alicyclic amines) is 2. The van der Waals surface area contributed by atoms with E-state index in [-0.39, 0.29) is 11.8 Å². The molecule has 0 N–H and O–H groups in total. The summed E-state index contributed by atoms with van der Waals surface area (Å²) in [5.41, 5.74) is 0. The lowest BCUT2D eigenvalue weighted by molar-refractivity contribution is -0.130. The zero-order valence-corrected chi connectivity index (χ0v) is 10.9. The van der Waals surface area contributed by atoms with Crippen molar-refractivity contribution in [2.75, 3.05) is 19.6 Å². The third-order valence-electron chi connectivity index (χ3n) is 4.06. The molecule has 0 aromatic carbocycles. The standard InChI is InChI=1S/C14H22N2O/c1-4-12-9-14(17)16(10-12)13-5-7-15(8-6-13)11(2)3/h1,11-13H,5-10H2,2-3H3. The summed E-state index contributed by atoms with van der Waals surface area (Å²) in [4.78, 5) is 16.4. The second kappa shape index (κ2) is 5.10. The molecule has 1 unspecified atom stereocenters. The van der Waals surface area contributed by atoms with Crippen molar-refractivity contribution in [2.24, 2.45) is 5.92 Å². The van der Waals surface area contributed by atoms with Gasteiger partial charge in [-0.3, -0.25) is 4.79 Å². The van der Waals surface area contributed by atoms with E-state index in [0.717, 1.165) is 32.5 Å². The van der Waals surface area contributed by atoms with Gasteiger partial charge < -0.3 is 9.80 Å². The molecule has 3 nitrogen and oxygen atoms in total. The van der Waals surface area contributed by atoms with E-state index < -0.39 is 0 Å². The van der Waals surface area contributed by atoms with Crippen LogP contribution >= 0.6 is 0 Å². The van der Waals surface area contributed by atoms with Crippen LogP contribution in [0, 0.1) is 18.3 Å². The van der Waals surface area contributed by atoms with Crippen LogP contribution in [0.25, 0.3) is 0 Å². The van der Waals surface area contributed by atoms with Gasteiger partial charge in [0.2, 0.25) is 5.91 Å². The third kappa shape index (κ3) is 2.63. The Kier molecular flexibility index (Phi) is 3.73. The van der Waals surface area contributed by atoms with Gasteiger partial charge in [-0.05, 0) is 26.7 Å². The predicted molar refractivity (Wildman–Crippen MR) is 68.4 cm³/mol. The van der Waals surface area contributed by atoms with Gasteiger partial charge in [-0.15, -0.1) is 12.3 Å². The first-order chi connectivity index (χ1) is 8.11. The molecular formula is C14H22N2O. The molecule has 1 amide bonds. The molecule has 0 aliphatic carbocycles. The van der Waals surface area contributed by atoms with E-state index in [2.05, 4.69) is 24.7 Å². The van der Waals surface area contributed by atoms with Crippen molar-refractivity contribution in [1.82, 2.24) is 9.80 Å². The van der Waals surface area contributed by atoms with E-state index in [1.807, 2.05) is 4.90 Å². The summed E-state index contributed by atoms with van der Waals surface area (Å²) in [6.07, 6.45) is 8.17. The van der Waals surface area contributed by atoms with Crippen LogP contribution in [0.2, 0.25) is 0 Å². The minimum Gasteiger partial charge on any atom is -0.338 e. The van der Waals surface area contributed by atoms with Gasteiger partial charge in [-0.25, -0.2) is 0 Å². The second-order valence-electron chi connectivity index (χ2n) is 5.47. The number of carbonyl (C=O) groups excluding carboxylic acids is 1. The Morgan fingerprint density at radius 3 is 2.47 bits per heavy atom. The molecule has 2 fully saturated rings. The summed E-state index contributed by atoms with van der Waals surface area (Å²) in [6.45, 7) is 7.45. The van der Waals surface area contributed by atoms with Crippen LogP contribution in [0.4, 0.5) is 0 Å². The Morgan fingerprint density at radius 1 is 1.35 bits per heavy atom. The molecule has 0 bridgehead atoms. The largest absolute Gasteiger partial charge is 0.338 e. The molecule has 0 radical (unpaired) electrons. The summed E-state index contributed by atoms with van der Waals surface area (Å²) < 4.78 is 0. The van der Waals surface area contributed by atoms with Crippen molar-refractivity contribution in [1.29, 1.82) is 0 Å². The lowest BCUT2D eigenvalue weighted by Gasteiger charge is -2.38. The van der Waals surface area contributed by atoms with Crippen LogP contribution in [-0.4, -0.2) is 47.4 Å². The first-order valence-electron chi connectivity index (χ1n) is 6.61. The Balaban J connectivity index is 1.89. The fourth-order valence-corrected chi connectivity index (χ4v) is 2.91. The Bertz CT molecular complexity index is 324. The van der Waals surface area contributed by atoms with Crippen LogP contribution in [0.1, 0.15) is 33.1 Å². The van der Waals surface area contributed by atoms with Crippen LogP contribution in [0.5, 0.6) is 0 Å². The second-order valence-corrected chi connectivity index (χ2v) is 5.47. The fourth-order valence-electron chi connectivity index (χ4n) is 2.91. The number of amides is 1. The van der Waals surface area contributed by atoms with Crippen molar-refractivity contribution in [2.45, 2.75) is 45.2 Å². The van der Waals surface area contributed by atoms with Crippen LogP contribution in [0.3, 0.4) is 0 Å². The van der Waals surface area contributed by atoms with Gasteiger partial charge in [0.25, 0.3) is 0 Å². The molecule has 2 saturated heterocycles. The van der Waals surface area contributed by atoms with Gasteiger partial charge in [-0.1, -0.05) is 0 Å². The number of nitrogens with zero attached hydrogens (tertiary/aromatic N) is 2. The van der Waals surface area contributed by atoms with Crippen LogP contribution in [0.15, 0.2) is 0 Å². The Morgan fingerprint density at radius 2 is 2.00 bits per heavy atom. The van der Waals surface area contributed by atoms with Crippen molar-refractivity contribution >= 4 is 5.91 Å². The molecule has 3 heteroatoms. The van der Waals surface area contributed by atoms with Gasteiger partial charge in [0.1, 0.15) is 0 Å². The lowest BCUT2D eigenvalue weighted by Crippen LogP contribution is -2.47. The normalized spacial score (nSPS) is 27.8. The Labute approximate surface area is 104 Å². The number of carbonyl (C=O) groups is 1. The monoisotopic (exact) mass is 234 g/mol. The zero-order valence-electron chi connectivity index (χ0n) is 10.9. The summed E-state index contributed by atoms with van der Waals surface area (Å²) in [7, 11) is 0. The van der Waals surface area contributed by atoms with Gasteiger partial charge in [-0.2, -0.15) is 0 Å². The molecule has 94 valence electrons. The molecule has 0 saturated carbocycles. The average Bonchev–Trinajstić information content (AvgIpc) is 2.71. The average molecular weight is 234 g/mol. The van der Waals surface area contributed by atoms with Crippen molar-refractivity contribution in [3.8, 4) is 12.3 Å². The third-order valence-corrected chi connectivity index (χ3v) is 4.06. The van der Waals surface area contributed by atoms with Gasteiger partial charge in [0.05, 0.1) is 0 Å². The van der Waals surface area contributed by atoms with Gasteiger partial charge in [0.15, 0.2) is 0 Å². The Hall–Kier alpha value is -1.01. The molecule has 2 rings (SSSR count). The van der Waals surface area contributed by atoms with E-state index in [0.29, 0.717) is 18.5 Å². The zero-order chi connectivity index (χ0) is 12.4.